The van der Waals surface area contributed by atoms with E-state index in [-0.39, 0.29) is 12.6 Å². The number of pyridine rings is 1. The molecule has 0 spiro atoms. The lowest BCUT2D eigenvalue weighted by Crippen LogP contribution is -2.36. The van der Waals surface area contributed by atoms with Crippen molar-refractivity contribution in [3.05, 3.63) is 77.9 Å². The van der Waals surface area contributed by atoms with E-state index in [0.717, 1.165) is 29.1 Å². The standard InChI is InChI=1S/C22H26N4O/c1-3-21(16-27)26(15-20-9-4-5-10-23-20)14-18-12-24-22(25-13-18)19-8-6-7-17(2)11-19/h4-13,21,27H,3,14-16H2,1-2H3/t21-/m0/s1. The number of aliphatic hydroxyl groups is 1. The third kappa shape index (κ3) is 5.18. The SMILES string of the molecule is CC[C@@H](CO)N(Cc1cnc(-c2cccc(C)c2)nc1)Cc1ccccn1. The predicted octanol–water partition coefficient (Wildman–Crippen LogP) is 3.62. The fraction of sp³-hybridized carbons (Fsp3) is 0.318. The highest BCUT2D eigenvalue weighted by molar-refractivity contribution is 5.55. The van der Waals surface area contributed by atoms with Crippen LogP contribution in [-0.4, -0.2) is 37.6 Å². The van der Waals surface area contributed by atoms with Crippen LogP contribution in [0.4, 0.5) is 0 Å². The van der Waals surface area contributed by atoms with Gasteiger partial charge in [0, 0.05) is 48.8 Å². The van der Waals surface area contributed by atoms with Crippen molar-refractivity contribution in [1.29, 1.82) is 0 Å². The second kappa shape index (κ2) is 9.35. The summed E-state index contributed by atoms with van der Waals surface area (Å²) in [5, 5.41) is 9.78. The first kappa shape index (κ1) is 19.1. The van der Waals surface area contributed by atoms with Crippen molar-refractivity contribution in [2.45, 2.75) is 39.4 Å². The Morgan fingerprint density at radius 3 is 2.44 bits per heavy atom. The number of benzene rings is 1. The van der Waals surface area contributed by atoms with Gasteiger partial charge in [-0.15, -0.1) is 0 Å². The van der Waals surface area contributed by atoms with Crippen LogP contribution in [0.1, 0.15) is 30.2 Å². The van der Waals surface area contributed by atoms with Crippen LogP contribution in [0.3, 0.4) is 0 Å². The number of aromatic nitrogens is 3. The average Bonchev–Trinajstić information content (AvgIpc) is 2.70. The Bertz CT molecular complexity index is 832. The predicted molar refractivity (Wildman–Crippen MR) is 107 cm³/mol. The molecule has 5 heteroatoms. The van der Waals surface area contributed by atoms with Gasteiger partial charge in [-0.2, -0.15) is 0 Å². The fourth-order valence-electron chi connectivity index (χ4n) is 3.12. The average molecular weight is 362 g/mol. The van der Waals surface area contributed by atoms with Crippen LogP contribution in [0.5, 0.6) is 0 Å². The van der Waals surface area contributed by atoms with Crippen molar-refractivity contribution < 1.29 is 5.11 Å². The number of aryl methyl sites for hydroxylation is 1. The van der Waals surface area contributed by atoms with Crippen LogP contribution in [0.2, 0.25) is 0 Å². The molecule has 140 valence electrons. The second-order valence-electron chi connectivity index (χ2n) is 6.76. The lowest BCUT2D eigenvalue weighted by Gasteiger charge is -2.29. The maximum atomic E-state index is 9.78. The normalized spacial score (nSPS) is 12.3. The highest BCUT2D eigenvalue weighted by atomic mass is 16.3. The summed E-state index contributed by atoms with van der Waals surface area (Å²) < 4.78 is 0. The lowest BCUT2D eigenvalue weighted by atomic mass is 10.1. The summed E-state index contributed by atoms with van der Waals surface area (Å²) in [6.45, 7) is 5.62. The molecule has 27 heavy (non-hydrogen) atoms. The van der Waals surface area contributed by atoms with Crippen molar-refractivity contribution in [2.24, 2.45) is 0 Å². The van der Waals surface area contributed by atoms with Crippen molar-refractivity contribution in [2.75, 3.05) is 6.61 Å². The van der Waals surface area contributed by atoms with Crippen molar-refractivity contribution >= 4 is 0 Å². The maximum Gasteiger partial charge on any atom is 0.159 e. The van der Waals surface area contributed by atoms with E-state index in [9.17, 15) is 5.11 Å². The van der Waals surface area contributed by atoms with E-state index in [1.807, 2.05) is 42.7 Å². The molecule has 2 aromatic heterocycles. The number of hydrogen-bond acceptors (Lipinski definition) is 5. The molecule has 1 N–H and O–H groups in total. The Morgan fingerprint density at radius 1 is 1.00 bits per heavy atom. The van der Waals surface area contributed by atoms with E-state index in [0.29, 0.717) is 13.1 Å². The van der Waals surface area contributed by atoms with Crippen LogP contribution in [-0.2, 0) is 13.1 Å². The molecule has 0 amide bonds. The highest BCUT2D eigenvalue weighted by Gasteiger charge is 2.18. The lowest BCUT2D eigenvalue weighted by molar-refractivity contribution is 0.105. The van der Waals surface area contributed by atoms with E-state index in [2.05, 4.69) is 45.8 Å². The van der Waals surface area contributed by atoms with E-state index < -0.39 is 0 Å². The molecule has 0 fully saturated rings. The van der Waals surface area contributed by atoms with E-state index in [1.165, 1.54) is 5.56 Å². The summed E-state index contributed by atoms with van der Waals surface area (Å²) in [6, 6.07) is 14.2. The summed E-state index contributed by atoms with van der Waals surface area (Å²) in [6.07, 6.45) is 6.42. The zero-order chi connectivity index (χ0) is 19.1. The van der Waals surface area contributed by atoms with Crippen molar-refractivity contribution in [3.8, 4) is 11.4 Å². The fourth-order valence-corrected chi connectivity index (χ4v) is 3.12. The van der Waals surface area contributed by atoms with Crippen molar-refractivity contribution in [3.63, 3.8) is 0 Å². The van der Waals surface area contributed by atoms with Gasteiger partial charge in [0.1, 0.15) is 0 Å². The Hall–Kier alpha value is -2.63. The van der Waals surface area contributed by atoms with Gasteiger partial charge in [-0.05, 0) is 31.5 Å². The molecule has 0 aliphatic heterocycles. The summed E-state index contributed by atoms with van der Waals surface area (Å²) in [5.41, 5.74) is 4.22. The topological polar surface area (TPSA) is 62.1 Å². The molecule has 3 aromatic rings. The minimum Gasteiger partial charge on any atom is -0.395 e. The minimum atomic E-state index is 0.0726. The Morgan fingerprint density at radius 2 is 1.81 bits per heavy atom. The molecule has 0 bridgehead atoms. The number of aliphatic hydroxyl groups excluding tert-OH is 1. The zero-order valence-corrected chi connectivity index (χ0v) is 15.9. The van der Waals surface area contributed by atoms with Crippen LogP contribution < -0.4 is 0 Å². The van der Waals surface area contributed by atoms with E-state index >= 15 is 0 Å². The largest absolute Gasteiger partial charge is 0.395 e. The molecule has 0 aliphatic carbocycles. The monoisotopic (exact) mass is 362 g/mol. The Balaban J connectivity index is 1.76. The molecule has 1 atom stereocenters. The summed E-state index contributed by atoms with van der Waals surface area (Å²) >= 11 is 0. The van der Waals surface area contributed by atoms with Crippen LogP contribution in [0.25, 0.3) is 11.4 Å². The van der Waals surface area contributed by atoms with E-state index in [1.54, 1.807) is 6.20 Å². The second-order valence-corrected chi connectivity index (χ2v) is 6.76. The van der Waals surface area contributed by atoms with Gasteiger partial charge in [-0.1, -0.05) is 36.8 Å². The highest BCUT2D eigenvalue weighted by Crippen LogP contribution is 2.18. The zero-order valence-electron chi connectivity index (χ0n) is 15.9. The summed E-state index contributed by atoms with van der Waals surface area (Å²) in [4.78, 5) is 15.7. The summed E-state index contributed by atoms with van der Waals surface area (Å²) in [5.74, 6) is 0.730. The molecule has 0 saturated heterocycles. The Kier molecular flexibility index (Phi) is 6.63. The van der Waals surface area contributed by atoms with Gasteiger partial charge < -0.3 is 5.11 Å². The molecule has 2 heterocycles. The molecule has 0 saturated carbocycles. The van der Waals surface area contributed by atoms with Gasteiger partial charge in [-0.25, -0.2) is 9.97 Å². The molecule has 1 aromatic carbocycles. The van der Waals surface area contributed by atoms with Gasteiger partial charge in [0.25, 0.3) is 0 Å². The molecule has 0 aliphatic rings. The van der Waals surface area contributed by atoms with Crippen molar-refractivity contribution in [1.82, 2.24) is 19.9 Å². The first-order valence-corrected chi connectivity index (χ1v) is 9.32. The number of hydrogen-bond donors (Lipinski definition) is 1. The molecule has 0 radical (unpaired) electrons. The Labute approximate surface area is 160 Å². The van der Waals surface area contributed by atoms with Crippen LogP contribution in [0.15, 0.2) is 61.1 Å². The first-order valence-electron chi connectivity index (χ1n) is 9.32. The quantitative estimate of drug-likeness (QED) is 0.663. The smallest absolute Gasteiger partial charge is 0.159 e. The van der Waals surface area contributed by atoms with Gasteiger partial charge in [0.05, 0.1) is 12.3 Å². The van der Waals surface area contributed by atoms with E-state index in [4.69, 9.17) is 0 Å². The molecule has 5 nitrogen and oxygen atoms in total. The van der Waals surface area contributed by atoms with Crippen LogP contribution in [0, 0.1) is 6.92 Å². The summed E-state index contributed by atoms with van der Waals surface area (Å²) in [7, 11) is 0. The minimum absolute atomic E-state index is 0.0726. The maximum absolute atomic E-state index is 9.78. The molecule has 0 unspecified atom stereocenters. The molecular weight excluding hydrogens is 336 g/mol. The van der Waals surface area contributed by atoms with Gasteiger partial charge in [-0.3, -0.25) is 9.88 Å². The van der Waals surface area contributed by atoms with Gasteiger partial charge in [0.15, 0.2) is 5.82 Å². The number of rotatable bonds is 8. The third-order valence-corrected chi connectivity index (χ3v) is 4.66. The molecule has 3 rings (SSSR count). The van der Waals surface area contributed by atoms with Crippen LogP contribution >= 0.6 is 0 Å². The number of nitrogens with zero attached hydrogens (tertiary/aromatic N) is 4. The third-order valence-electron chi connectivity index (χ3n) is 4.66. The first-order chi connectivity index (χ1) is 13.2. The van der Waals surface area contributed by atoms with Gasteiger partial charge >= 0.3 is 0 Å². The van der Waals surface area contributed by atoms with Gasteiger partial charge in [0.2, 0.25) is 0 Å². The molecular formula is C22H26N4O.